The minimum atomic E-state index is -0.200. The highest BCUT2D eigenvalue weighted by atomic mass is 79.9. The van der Waals surface area contributed by atoms with E-state index in [2.05, 4.69) is 326 Å². The molecular weight excluding hydrogens is 1960 g/mol. The summed E-state index contributed by atoms with van der Waals surface area (Å²) < 4.78 is 81.4. The van der Waals surface area contributed by atoms with Crippen LogP contribution in [-0.4, -0.2) is 4.98 Å². The first-order valence-corrected chi connectivity index (χ1v) is 50.5. The SMILES string of the molecule is C.C.C.C.C.C.C.CC(C)c1ccc(F)c(Br)c1.CC(C)c1cccc(Br)c1.CC(C)c1cccc(C2CC2)c1.CC1CCCC(C(C)C)C1.Cc1c(Br)cccc1C(C)C.Cc1c(C(C)C)ccnc1Br.Cc1cc(C(C)C)ccc1F.Cc1cc(C(C)C)ccc1F.Cc1cc(C(C)C)ccc1F.Cc1cccc(C(C)C)c1.Cc1cccc(C(C)C)c1F.Cc1cccc(C(C)C)c1F. The van der Waals surface area contributed by atoms with Gasteiger partial charge >= 0.3 is 0 Å². The monoisotopic (exact) mass is 2150 g/mol. The topological polar surface area (TPSA) is 12.9 Å². The van der Waals surface area contributed by atoms with Gasteiger partial charge in [0.25, 0.3) is 0 Å². The summed E-state index contributed by atoms with van der Waals surface area (Å²) in [5, 5.41) is 0. The highest BCUT2D eigenvalue weighted by Crippen LogP contribution is 2.41. The number of hydrogen-bond donors (Lipinski definition) is 0. The molecule has 1 aromatic heterocycles. The second kappa shape index (κ2) is 73.0. The van der Waals surface area contributed by atoms with Crippen LogP contribution in [0.5, 0.6) is 0 Å². The van der Waals surface area contributed by atoms with Crippen LogP contribution >= 0.6 is 63.7 Å². The summed E-state index contributed by atoms with van der Waals surface area (Å²) in [4.78, 5) is 4.14. The number of nitrogens with zero attached hydrogens (tertiary/aromatic N) is 1. The summed E-state index contributed by atoms with van der Waals surface area (Å²) >= 11 is 13.5. The number of pyridine rings is 1. The van der Waals surface area contributed by atoms with Crippen LogP contribution in [0.15, 0.2) is 230 Å². The van der Waals surface area contributed by atoms with Gasteiger partial charge in [0.1, 0.15) is 39.5 Å². The molecule has 768 valence electrons. The molecular formula is C126H189Br4F6N. The fourth-order valence-corrected chi connectivity index (χ4v) is 15.7. The molecule has 2 unspecified atom stereocenters. The zero-order valence-electron chi connectivity index (χ0n) is 85.3. The molecule has 13 rings (SSSR count). The molecule has 0 bridgehead atoms. The van der Waals surface area contributed by atoms with Crippen LogP contribution in [-0.2, 0) is 0 Å². The summed E-state index contributed by atoms with van der Waals surface area (Å²) in [7, 11) is 0. The third-order valence-electron chi connectivity index (χ3n) is 23.4. The standard InChI is InChI=1S/C12H16.C10H13Br.5C10H13F.C10H20.C10H14.C9H10BrF.C9H12BrN.C9H11Br.7CH4/c1-9(2)11-4-3-5-12(8-11)10-6-7-10;1-7(2)9-5-4-6-10(11)8(9)3;3*1-7(2)9-4-5-10(11)8(3)6-9;2*1-7(2)9-6-4-5-8(3)10(9)11;2*1-8(2)10-6-4-5-9(3)7-10;1-6(2)7-3-4-9(11)8(10)5-7;1-6(2)8-4-5-11-9(10)7(8)3;1-7(2)8-4-3-5-9(10)6-8;;;;;;;/h3-5,8-10H,6-7H2,1-2H3;6*4-7H,1-3H3;8-10H,4-7H2,1-3H3;4-8H,1-3H3;3-6H,1-2H3;4-6H,1-3H3;3-7H,1-2H3;7*1H4. The maximum absolute atomic E-state index is 13.3. The maximum atomic E-state index is 13.3. The summed E-state index contributed by atoms with van der Waals surface area (Å²) in [5.74, 6) is 8.77. The zero-order chi connectivity index (χ0) is 98.7. The predicted octanol–water partition coefficient (Wildman–Crippen LogP) is 45.5. The summed E-state index contributed by atoms with van der Waals surface area (Å²) in [5.41, 5.74) is 22.7. The minimum Gasteiger partial charge on any atom is -0.249 e. The van der Waals surface area contributed by atoms with Crippen LogP contribution < -0.4 is 0 Å². The number of aromatic nitrogens is 1. The third kappa shape index (κ3) is 54.1. The van der Waals surface area contributed by atoms with Crippen molar-refractivity contribution in [2.75, 3.05) is 0 Å². The molecule has 2 aliphatic rings. The Bertz CT molecular complexity index is 4550. The van der Waals surface area contributed by atoms with Crippen LogP contribution in [0.3, 0.4) is 0 Å². The first-order valence-electron chi connectivity index (χ1n) is 47.3. The van der Waals surface area contributed by atoms with Crippen LogP contribution in [0.25, 0.3) is 0 Å². The minimum absolute atomic E-state index is 0. The van der Waals surface area contributed by atoms with Gasteiger partial charge in [-0.2, -0.15) is 0 Å². The van der Waals surface area contributed by atoms with Gasteiger partial charge in [-0.3, -0.25) is 0 Å². The molecule has 1 nitrogen and oxygen atoms in total. The Hall–Kier alpha value is -7.15. The molecule has 11 heteroatoms. The lowest BCUT2D eigenvalue weighted by molar-refractivity contribution is 0.226. The van der Waals surface area contributed by atoms with Gasteiger partial charge in [-0.05, 0) is 356 Å². The Morgan fingerprint density at radius 2 is 0.613 bits per heavy atom. The van der Waals surface area contributed by atoms with E-state index in [0.717, 1.165) is 72.8 Å². The Morgan fingerprint density at radius 1 is 0.285 bits per heavy atom. The van der Waals surface area contributed by atoms with Crippen LogP contribution in [0.1, 0.15) is 446 Å². The van der Waals surface area contributed by atoms with E-state index in [-0.39, 0.29) is 98.7 Å². The second-order valence-corrected chi connectivity index (χ2v) is 42.2. The summed E-state index contributed by atoms with van der Waals surface area (Å²) in [6.07, 6.45) is 10.6. The smallest absolute Gasteiger partial charge is 0.137 e. The Kier molecular flexibility index (Phi) is 74.9. The van der Waals surface area contributed by atoms with Gasteiger partial charge in [-0.15, -0.1) is 0 Å². The first-order chi connectivity index (χ1) is 60.8. The molecule has 11 aromatic rings. The number of rotatable bonds is 13. The van der Waals surface area contributed by atoms with Crippen molar-refractivity contribution in [1.29, 1.82) is 0 Å². The van der Waals surface area contributed by atoms with Gasteiger partial charge in [0, 0.05) is 15.1 Å². The Labute approximate surface area is 872 Å². The van der Waals surface area contributed by atoms with Gasteiger partial charge in [0.15, 0.2) is 0 Å². The quantitative estimate of drug-likeness (QED) is 0.0828. The molecule has 2 atom stereocenters. The van der Waals surface area contributed by atoms with Crippen molar-refractivity contribution in [2.24, 2.45) is 17.8 Å². The Balaban J connectivity index is -0.000000340. The van der Waals surface area contributed by atoms with E-state index >= 15 is 0 Å². The lowest BCUT2D eigenvalue weighted by atomic mass is 9.77. The predicted molar refractivity (Wildman–Crippen MR) is 617 cm³/mol. The van der Waals surface area contributed by atoms with E-state index in [9.17, 15) is 26.3 Å². The first kappa shape index (κ1) is 141. The van der Waals surface area contributed by atoms with Crippen molar-refractivity contribution >= 4 is 63.7 Å². The Morgan fingerprint density at radius 3 is 0.912 bits per heavy atom. The second-order valence-electron chi connectivity index (χ2n) is 38.8. The number of halogens is 10. The van der Waals surface area contributed by atoms with E-state index in [1.165, 1.54) is 133 Å². The van der Waals surface area contributed by atoms with E-state index in [1.54, 1.807) is 52.3 Å². The fraction of sp³-hybridized carbons (Fsp3) is 0.484. The number of benzene rings is 10. The van der Waals surface area contributed by atoms with Crippen LogP contribution in [0.4, 0.5) is 26.3 Å². The molecule has 0 radical (unpaired) electrons. The molecule has 2 aliphatic carbocycles. The molecule has 1 heterocycles. The zero-order valence-corrected chi connectivity index (χ0v) is 91.7. The summed E-state index contributed by atoms with van der Waals surface area (Å²) in [6, 6.07) is 66.6. The molecule has 0 N–H and O–H groups in total. The van der Waals surface area contributed by atoms with E-state index < -0.39 is 0 Å². The molecule has 10 aromatic carbocycles. The van der Waals surface area contributed by atoms with Gasteiger partial charge in [0.05, 0.1) is 4.47 Å². The molecule has 0 amide bonds. The van der Waals surface area contributed by atoms with Crippen molar-refractivity contribution in [3.8, 4) is 0 Å². The highest BCUT2D eigenvalue weighted by molar-refractivity contribution is 9.11. The molecule has 2 fully saturated rings. The van der Waals surface area contributed by atoms with E-state index in [4.69, 9.17) is 0 Å². The third-order valence-corrected chi connectivity index (χ3v) is 26.1. The largest absolute Gasteiger partial charge is 0.249 e. The van der Waals surface area contributed by atoms with Crippen molar-refractivity contribution in [2.45, 2.75) is 390 Å². The normalized spacial score (nSPS) is 12.4. The van der Waals surface area contributed by atoms with E-state index in [1.807, 2.05) is 113 Å². The molecule has 2 saturated carbocycles. The fourth-order valence-electron chi connectivity index (χ4n) is 14.2. The molecule has 137 heavy (non-hydrogen) atoms. The highest BCUT2D eigenvalue weighted by Gasteiger charge is 2.24. The average Bonchev–Trinajstić information content (AvgIpc) is 1.65. The number of hydrogen-bond acceptors (Lipinski definition) is 1. The maximum Gasteiger partial charge on any atom is 0.137 e. The van der Waals surface area contributed by atoms with Crippen molar-refractivity contribution in [1.82, 2.24) is 4.98 Å². The number of aryl methyl sites for hydroxylation is 6. The average molecular weight is 2150 g/mol. The molecule has 0 spiro atoms. The van der Waals surface area contributed by atoms with Gasteiger partial charge in [0.2, 0.25) is 0 Å². The van der Waals surface area contributed by atoms with Crippen LogP contribution in [0, 0.1) is 108 Å². The molecule has 0 aliphatic heterocycles. The lowest BCUT2D eigenvalue weighted by Gasteiger charge is -2.29. The van der Waals surface area contributed by atoms with Crippen molar-refractivity contribution < 1.29 is 26.3 Å². The van der Waals surface area contributed by atoms with Gasteiger partial charge in [-0.1, -0.05) is 433 Å². The summed E-state index contributed by atoms with van der Waals surface area (Å²) in [6.45, 7) is 69.4. The van der Waals surface area contributed by atoms with Crippen molar-refractivity contribution in [3.63, 3.8) is 0 Å². The lowest BCUT2D eigenvalue weighted by Crippen LogP contribution is -2.17. The van der Waals surface area contributed by atoms with Crippen LogP contribution in [0.2, 0.25) is 0 Å². The van der Waals surface area contributed by atoms with Crippen molar-refractivity contribution in [3.05, 3.63) is 377 Å². The van der Waals surface area contributed by atoms with E-state index in [0.29, 0.717) is 57.7 Å². The molecule has 0 saturated heterocycles. The van der Waals surface area contributed by atoms with Gasteiger partial charge < -0.3 is 0 Å². The van der Waals surface area contributed by atoms with Gasteiger partial charge in [-0.25, -0.2) is 31.3 Å².